The molecule has 0 aliphatic heterocycles. The minimum atomic E-state index is -0.421. The van der Waals surface area contributed by atoms with Crippen molar-refractivity contribution in [1.82, 2.24) is 0 Å². The maximum Gasteiger partial charge on any atom is 0.344 e. The lowest BCUT2D eigenvalue weighted by Crippen LogP contribution is -2.20. The first-order valence-electron chi connectivity index (χ1n) is 9.63. The number of nitrogens with one attached hydrogen (secondary N) is 1. The van der Waals surface area contributed by atoms with Gasteiger partial charge in [-0.3, -0.25) is 4.79 Å². The van der Waals surface area contributed by atoms with Gasteiger partial charge in [0.15, 0.2) is 6.61 Å². The van der Waals surface area contributed by atoms with E-state index >= 15 is 0 Å². The van der Waals surface area contributed by atoms with Gasteiger partial charge in [0.05, 0.1) is 5.56 Å². The Hall–Kier alpha value is -3.86. The number of ether oxygens (including phenoxy) is 1. The summed E-state index contributed by atoms with van der Waals surface area (Å²) in [7, 11) is 0. The molecule has 1 aromatic heterocycles. The lowest BCUT2D eigenvalue weighted by atomic mass is 10.1. The molecular formula is C25H21NO4. The van der Waals surface area contributed by atoms with Crippen LogP contribution >= 0.6 is 0 Å². The van der Waals surface area contributed by atoms with E-state index in [1.54, 1.807) is 30.3 Å². The van der Waals surface area contributed by atoms with Crippen molar-refractivity contribution >= 4 is 22.6 Å². The highest BCUT2D eigenvalue weighted by Crippen LogP contribution is 2.24. The number of amides is 1. The van der Waals surface area contributed by atoms with E-state index < -0.39 is 5.63 Å². The molecule has 0 spiro atoms. The molecular weight excluding hydrogens is 378 g/mol. The summed E-state index contributed by atoms with van der Waals surface area (Å²) < 4.78 is 11.1. The summed E-state index contributed by atoms with van der Waals surface area (Å²) in [5.74, 6) is 0.409. The van der Waals surface area contributed by atoms with E-state index in [1.807, 2.05) is 56.3 Å². The molecule has 0 atom stereocenters. The molecule has 1 N–H and O–H groups in total. The number of anilines is 1. The van der Waals surface area contributed by atoms with Crippen LogP contribution in [-0.2, 0) is 4.79 Å². The molecule has 0 aliphatic carbocycles. The topological polar surface area (TPSA) is 68.5 Å². The van der Waals surface area contributed by atoms with Crippen LogP contribution in [0.5, 0.6) is 5.75 Å². The first kappa shape index (κ1) is 19.5. The second-order valence-corrected chi connectivity index (χ2v) is 7.10. The number of hydrogen-bond acceptors (Lipinski definition) is 4. The van der Waals surface area contributed by atoms with Crippen LogP contribution in [0, 0.1) is 13.8 Å². The van der Waals surface area contributed by atoms with Crippen LogP contribution in [0.1, 0.15) is 11.1 Å². The summed E-state index contributed by atoms with van der Waals surface area (Å²) >= 11 is 0. The van der Waals surface area contributed by atoms with Crippen molar-refractivity contribution in [2.75, 3.05) is 11.9 Å². The van der Waals surface area contributed by atoms with Crippen LogP contribution < -0.4 is 15.7 Å². The van der Waals surface area contributed by atoms with Crippen LogP contribution in [0.3, 0.4) is 0 Å². The first-order chi connectivity index (χ1) is 14.5. The Morgan fingerprint density at radius 3 is 2.63 bits per heavy atom. The van der Waals surface area contributed by atoms with Gasteiger partial charge < -0.3 is 14.5 Å². The fourth-order valence-electron chi connectivity index (χ4n) is 3.25. The zero-order chi connectivity index (χ0) is 21.1. The van der Waals surface area contributed by atoms with Gasteiger partial charge in [-0.2, -0.15) is 0 Å². The summed E-state index contributed by atoms with van der Waals surface area (Å²) in [5, 5.41) is 3.65. The lowest BCUT2D eigenvalue weighted by molar-refractivity contribution is -0.118. The molecule has 0 fully saturated rings. The van der Waals surface area contributed by atoms with Gasteiger partial charge in [-0.05, 0) is 60.9 Å². The van der Waals surface area contributed by atoms with Gasteiger partial charge >= 0.3 is 5.63 Å². The number of hydrogen-bond donors (Lipinski definition) is 1. The van der Waals surface area contributed by atoms with Crippen molar-refractivity contribution in [3.63, 3.8) is 0 Å². The van der Waals surface area contributed by atoms with Gasteiger partial charge in [-0.15, -0.1) is 0 Å². The Bertz CT molecular complexity index is 1290. The molecule has 0 aliphatic rings. The molecule has 4 rings (SSSR count). The van der Waals surface area contributed by atoms with Crippen LogP contribution in [0.15, 0.2) is 82.0 Å². The third-order valence-corrected chi connectivity index (χ3v) is 5.01. The molecule has 0 saturated heterocycles. The Labute approximate surface area is 173 Å². The predicted octanol–water partition coefficient (Wildman–Crippen LogP) is 5.09. The van der Waals surface area contributed by atoms with Crippen molar-refractivity contribution < 1.29 is 13.9 Å². The number of para-hydroxylation sites is 1. The number of carbonyl (C=O) groups is 1. The largest absolute Gasteiger partial charge is 0.483 e. The summed E-state index contributed by atoms with van der Waals surface area (Å²) in [5.41, 5.74) is 3.92. The van der Waals surface area contributed by atoms with Gasteiger partial charge in [0.2, 0.25) is 0 Å². The average molecular weight is 399 g/mol. The van der Waals surface area contributed by atoms with Crippen molar-refractivity contribution in [2.45, 2.75) is 13.8 Å². The summed E-state index contributed by atoms with van der Waals surface area (Å²) in [6.45, 7) is 3.85. The second-order valence-electron chi connectivity index (χ2n) is 7.10. The van der Waals surface area contributed by atoms with Crippen molar-refractivity contribution in [1.29, 1.82) is 0 Å². The minimum absolute atomic E-state index is 0.105. The molecule has 5 heteroatoms. The maximum atomic E-state index is 12.4. The van der Waals surface area contributed by atoms with Crippen LogP contribution in [0.2, 0.25) is 0 Å². The fourth-order valence-corrected chi connectivity index (χ4v) is 3.25. The van der Waals surface area contributed by atoms with Crippen molar-refractivity contribution in [3.8, 4) is 16.9 Å². The van der Waals surface area contributed by atoms with E-state index in [1.165, 1.54) is 0 Å². The van der Waals surface area contributed by atoms with Gasteiger partial charge in [-0.1, -0.05) is 42.5 Å². The van der Waals surface area contributed by atoms with Gasteiger partial charge in [0, 0.05) is 11.1 Å². The number of fused-ring (bicyclic) bond motifs is 1. The fraction of sp³-hybridized carbons (Fsp3) is 0.120. The molecule has 5 nitrogen and oxygen atoms in total. The highest BCUT2D eigenvalue weighted by molar-refractivity contribution is 5.93. The second kappa shape index (κ2) is 8.25. The Kier molecular flexibility index (Phi) is 5.35. The summed E-state index contributed by atoms with van der Waals surface area (Å²) in [6, 6.07) is 22.0. The Morgan fingerprint density at radius 2 is 1.77 bits per heavy atom. The zero-order valence-corrected chi connectivity index (χ0v) is 16.8. The molecule has 0 bridgehead atoms. The van der Waals surface area contributed by atoms with E-state index in [-0.39, 0.29) is 12.5 Å². The molecule has 4 aromatic rings. The molecule has 30 heavy (non-hydrogen) atoms. The number of carbonyl (C=O) groups excluding carboxylic acids is 1. The number of rotatable bonds is 5. The van der Waals surface area contributed by atoms with E-state index in [4.69, 9.17) is 9.15 Å². The molecule has 1 heterocycles. The monoisotopic (exact) mass is 399 g/mol. The lowest BCUT2D eigenvalue weighted by Gasteiger charge is -2.11. The molecule has 3 aromatic carbocycles. The molecule has 0 radical (unpaired) electrons. The molecule has 0 saturated carbocycles. The first-order valence-corrected chi connectivity index (χ1v) is 9.63. The summed E-state index contributed by atoms with van der Waals surface area (Å²) in [4.78, 5) is 24.8. The standard InChI is InChI=1S/C25H21NO4/c1-16-7-5-12-22(17(16)2)29-15-24(27)26-20-10-6-9-18(13-20)21-14-19-8-3-4-11-23(19)30-25(21)28/h3-14H,15H2,1-2H3,(H,26,27). The van der Waals surface area contributed by atoms with Crippen molar-refractivity contribution in [3.05, 3.63) is 94.3 Å². The van der Waals surface area contributed by atoms with Gasteiger partial charge in [-0.25, -0.2) is 4.79 Å². The maximum absolute atomic E-state index is 12.4. The normalized spacial score (nSPS) is 10.7. The smallest absolute Gasteiger partial charge is 0.344 e. The third-order valence-electron chi connectivity index (χ3n) is 5.01. The van der Waals surface area contributed by atoms with E-state index in [0.717, 1.165) is 16.5 Å². The van der Waals surface area contributed by atoms with Crippen LogP contribution in [0.4, 0.5) is 5.69 Å². The average Bonchev–Trinajstić information content (AvgIpc) is 2.74. The number of aryl methyl sites for hydroxylation is 1. The highest BCUT2D eigenvalue weighted by atomic mass is 16.5. The van der Waals surface area contributed by atoms with Crippen LogP contribution in [0.25, 0.3) is 22.1 Å². The highest BCUT2D eigenvalue weighted by Gasteiger charge is 2.10. The van der Waals surface area contributed by atoms with E-state index in [9.17, 15) is 9.59 Å². The third kappa shape index (κ3) is 4.10. The van der Waals surface area contributed by atoms with E-state index in [2.05, 4.69) is 5.32 Å². The van der Waals surface area contributed by atoms with Crippen molar-refractivity contribution in [2.24, 2.45) is 0 Å². The Balaban J connectivity index is 1.51. The number of benzene rings is 3. The molecule has 150 valence electrons. The Morgan fingerprint density at radius 1 is 0.967 bits per heavy atom. The SMILES string of the molecule is Cc1cccc(OCC(=O)Nc2cccc(-c3cc4ccccc4oc3=O)c2)c1C. The minimum Gasteiger partial charge on any atom is -0.483 e. The quantitative estimate of drug-likeness (QED) is 0.475. The van der Waals surface area contributed by atoms with Gasteiger partial charge in [0.25, 0.3) is 5.91 Å². The predicted molar refractivity (Wildman–Crippen MR) is 118 cm³/mol. The zero-order valence-electron chi connectivity index (χ0n) is 16.8. The van der Waals surface area contributed by atoms with Crippen LogP contribution in [-0.4, -0.2) is 12.5 Å². The molecule has 0 unspecified atom stereocenters. The molecule has 1 amide bonds. The summed E-state index contributed by atoms with van der Waals surface area (Å²) in [6.07, 6.45) is 0. The van der Waals surface area contributed by atoms with E-state index in [0.29, 0.717) is 28.1 Å². The van der Waals surface area contributed by atoms with Gasteiger partial charge in [0.1, 0.15) is 11.3 Å².